The quantitative estimate of drug-likeness (QED) is 0.675. The number of aliphatic hydroxyl groups excluding tert-OH is 1. The highest BCUT2D eigenvalue weighted by atomic mass is 35.5. The van der Waals surface area contributed by atoms with Crippen molar-refractivity contribution in [1.82, 2.24) is 19.9 Å². The van der Waals surface area contributed by atoms with Crippen LogP contribution in [0.25, 0.3) is 0 Å². The molecule has 166 valence electrons. The van der Waals surface area contributed by atoms with Crippen molar-refractivity contribution in [3.8, 4) is 0 Å². The van der Waals surface area contributed by atoms with E-state index in [1.807, 2.05) is 0 Å². The number of fused-ring (bicyclic) bond motifs is 2. The summed E-state index contributed by atoms with van der Waals surface area (Å²) >= 11 is 5.97. The van der Waals surface area contributed by atoms with Crippen LogP contribution in [0.2, 0.25) is 5.02 Å². The monoisotopic (exact) mass is 462 g/mol. The van der Waals surface area contributed by atoms with Gasteiger partial charge in [0.2, 0.25) is 5.95 Å². The molecule has 3 aliphatic rings. The van der Waals surface area contributed by atoms with Gasteiger partial charge in [-0.05, 0) is 43.9 Å². The molecule has 1 aliphatic heterocycles. The van der Waals surface area contributed by atoms with Crippen molar-refractivity contribution in [2.75, 3.05) is 36.2 Å². The Morgan fingerprint density at radius 1 is 1.19 bits per heavy atom. The maximum absolute atomic E-state index is 12.3. The molecule has 5 rings (SSSR count). The van der Waals surface area contributed by atoms with Gasteiger partial charge >= 0.3 is 0 Å². The molecule has 10 heteroatoms. The average molecular weight is 463 g/mol. The Hall–Kier alpha value is -1.84. The Balaban J connectivity index is 1.39. The lowest BCUT2D eigenvalue weighted by Crippen LogP contribution is -2.49. The number of halogens is 1. The smallest absolute Gasteiger partial charge is 0.227 e. The van der Waals surface area contributed by atoms with Gasteiger partial charge in [0, 0.05) is 37.7 Å². The second-order valence-electron chi connectivity index (χ2n) is 9.04. The fraction of sp³-hybridized carbons (Fsp3) is 0.619. The number of aromatic nitrogens is 4. The molecule has 0 spiro atoms. The third-order valence-electron chi connectivity index (χ3n) is 7.10. The van der Waals surface area contributed by atoms with E-state index in [0.29, 0.717) is 39.4 Å². The van der Waals surface area contributed by atoms with Gasteiger partial charge in [0.05, 0.1) is 39.1 Å². The molecular weight excluding hydrogens is 436 g/mol. The van der Waals surface area contributed by atoms with Gasteiger partial charge in [-0.15, -0.1) is 0 Å². The minimum atomic E-state index is -1.22. The van der Waals surface area contributed by atoms with Crippen molar-refractivity contribution in [3.63, 3.8) is 0 Å². The maximum atomic E-state index is 12.3. The summed E-state index contributed by atoms with van der Waals surface area (Å²) in [5, 5.41) is 13.8. The predicted molar refractivity (Wildman–Crippen MR) is 120 cm³/mol. The molecule has 3 heterocycles. The standard InChI is InChI=1S/C21H27ClN6O2S/c1-31(30)16-9-25-20(26-18(16)27-21(12-29)5-2-6-21)28-10-13-3-4-14(11-28)17(13)19-23-7-15(22)8-24-19/h7-9,13-14,17,29H,2-6,10-12H2,1H3,(H,25,26,27)/t13?,14?,17?,31-/m1/s1. The van der Waals surface area contributed by atoms with Crippen molar-refractivity contribution in [3.05, 3.63) is 29.4 Å². The summed E-state index contributed by atoms with van der Waals surface area (Å²) in [5.74, 6) is 3.32. The first kappa shape index (κ1) is 21.0. The zero-order valence-corrected chi connectivity index (χ0v) is 19.1. The lowest BCUT2D eigenvalue weighted by Gasteiger charge is -2.42. The Labute approximate surface area is 189 Å². The minimum absolute atomic E-state index is 0.0404. The summed E-state index contributed by atoms with van der Waals surface area (Å²) in [4.78, 5) is 21.1. The fourth-order valence-electron chi connectivity index (χ4n) is 5.29. The molecule has 2 bridgehead atoms. The lowest BCUT2D eigenvalue weighted by atomic mass is 9.77. The first-order valence-corrected chi connectivity index (χ1v) is 12.7. The van der Waals surface area contributed by atoms with Crippen LogP contribution in [0, 0.1) is 11.8 Å². The molecule has 2 aromatic rings. The zero-order valence-electron chi connectivity index (χ0n) is 17.5. The third-order valence-corrected chi connectivity index (χ3v) is 8.22. The van der Waals surface area contributed by atoms with Crippen molar-refractivity contribution in [1.29, 1.82) is 0 Å². The second-order valence-corrected chi connectivity index (χ2v) is 10.8. The van der Waals surface area contributed by atoms with Crippen LogP contribution in [0.15, 0.2) is 23.5 Å². The molecule has 1 saturated heterocycles. The van der Waals surface area contributed by atoms with Crippen LogP contribution in [0.1, 0.15) is 43.8 Å². The molecule has 8 nitrogen and oxygen atoms in total. The molecule has 31 heavy (non-hydrogen) atoms. The SMILES string of the molecule is C[S@@](=O)c1cnc(N2CC3CCC(C2)C3c2ncc(Cl)cn2)nc1NC1(CO)CCC1. The van der Waals surface area contributed by atoms with Crippen LogP contribution in [0.5, 0.6) is 0 Å². The van der Waals surface area contributed by atoms with Gasteiger partial charge in [-0.2, -0.15) is 4.98 Å². The van der Waals surface area contributed by atoms with E-state index >= 15 is 0 Å². The number of aliphatic hydroxyl groups is 1. The van der Waals surface area contributed by atoms with E-state index in [4.69, 9.17) is 16.6 Å². The number of hydrogen-bond acceptors (Lipinski definition) is 8. The summed E-state index contributed by atoms with van der Waals surface area (Å²) in [6.45, 7) is 1.72. The van der Waals surface area contributed by atoms with Gasteiger partial charge in [0.15, 0.2) is 0 Å². The van der Waals surface area contributed by atoms with Crippen molar-refractivity contribution >= 4 is 34.2 Å². The van der Waals surface area contributed by atoms with Crippen LogP contribution in [-0.4, -0.2) is 60.7 Å². The van der Waals surface area contributed by atoms with Crippen molar-refractivity contribution < 1.29 is 9.32 Å². The van der Waals surface area contributed by atoms with Crippen molar-refractivity contribution in [2.45, 2.75) is 48.5 Å². The highest BCUT2D eigenvalue weighted by Gasteiger charge is 2.45. The Bertz CT molecular complexity index is 967. The van der Waals surface area contributed by atoms with Crippen molar-refractivity contribution in [2.24, 2.45) is 11.8 Å². The number of hydrogen-bond donors (Lipinski definition) is 2. The van der Waals surface area contributed by atoms with E-state index in [2.05, 4.69) is 25.2 Å². The normalized spacial score (nSPS) is 27.6. The molecule has 2 aliphatic carbocycles. The Morgan fingerprint density at radius 3 is 2.42 bits per heavy atom. The van der Waals surface area contributed by atoms with E-state index in [1.54, 1.807) is 24.8 Å². The number of piperidine rings is 1. The highest BCUT2D eigenvalue weighted by Crippen LogP contribution is 2.47. The number of nitrogens with one attached hydrogen (secondary N) is 1. The molecule has 2 N–H and O–H groups in total. The second kappa shape index (κ2) is 8.26. The summed E-state index contributed by atoms with van der Waals surface area (Å²) < 4.78 is 12.3. The van der Waals surface area contributed by atoms with Crippen LogP contribution >= 0.6 is 11.6 Å². The highest BCUT2D eigenvalue weighted by molar-refractivity contribution is 7.84. The molecule has 0 amide bonds. The largest absolute Gasteiger partial charge is 0.394 e. The molecule has 0 radical (unpaired) electrons. The van der Waals surface area contributed by atoms with Gasteiger partial charge in [-0.3, -0.25) is 4.21 Å². The Morgan fingerprint density at radius 2 is 1.87 bits per heavy atom. The molecule has 3 atom stereocenters. The van der Waals surface area contributed by atoms with Crippen LogP contribution in [0.4, 0.5) is 11.8 Å². The number of nitrogens with zero attached hydrogens (tertiary/aromatic N) is 5. The molecule has 2 aromatic heterocycles. The molecule has 2 saturated carbocycles. The lowest BCUT2D eigenvalue weighted by molar-refractivity contribution is 0.143. The van der Waals surface area contributed by atoms with Gasteiger partial charge in [0.1, 0.15) is 11.6 Å². The van der Waals surface area contributed by atoms with Crippen LogP contribution in [0.3, 0.4) is 0 Å². The molecular formula is C21H27ClN6O2S. The summed E-state index contributed by atoms with van der Waals surface area (Å²) in [5.41, 5.74) is -0.363. The predicted octanol–water partition coefficient (Wildman–Crippen LogP) is 2.61. The fourth-order valence-corrected chi connectivity index (χ4v) is 5.96. The first-order valence-electron chi connectivity index (χ1n) is 10.8. The number of rotatable bonds is 6. The van der Waals surface area contributed by atoms with Gasteiger partial charge in [-0.25, -0.2) is 15.0 Å². The molecule has 3 fully saturated rings. The zero-order chi connectivity index (χ0) is 21.6. The van der Waals surface area contributed by atoms with Gasteiger partial charge in [0.25, 0.3) is 0 Å². The summed E-state index contributed by atoms with van der Waals surface area (Å²) in [6.07, 6.45) is 11.8. The molecule has 0 aromatic carbocycles. The summed E-state index contributed by atoms with van der Waals surface area (Å²) in [6, 6.07) is 0. The average Bonchev–Trinajstić information content (AvgIpc) is 3.00. The minimum Gasteiger partial charge on any atom is -0.394 e. The van der Waals surface area contributed by atoms with E-state index in [1.165, 1.54) is 0 Å². The third kappa shape index (κ3) is 3.91. The van der Waals surface area contributed by atoms with Gasteiger partial charge < -0.3 is 15.3 Å². The van der Waals surface area contributed by atoms with E-state index in [0.717, 1.165) is 51.0 Å². The first-order chi connectivity index (χ1) is 15.0. The van der Waals surface area contributed by atoms with E-state index in [-0.39, 0.29) is 12.1 Å². The van der Waals surface area contributed by atoms with Crippen LogP contribution in [-0.2, 0) is 10.8 Å². The van der Waals surface area contributed by atoms with E-state index < -0.39 is 10.8 Å². The number of anilines is 2. The maximum Gasteiger partial charge on any atom is 0.227 e. The van der Waals surface area contributed by atoms with E-state index in [9.17, 15) is 9.32 Å². The Kier molecular flexibility index (Phi) is 5.60. The van der Waals surface area contributed by atoms with Crippen LogP contribution < -0.4 is 10.2 Å². The van der Waals surface area contributed by atoms with Gasteiger partial charge in [-0.1, -0.05) is 11.6 Å². The molecule has 2 unspecified atom stereocenters. The topological polar surface area (TPSA) is 104 Å². The summed E-state index contributed by atoms with van der Waals surface area (Å²) in [7, 11) is -1.22.